The first-order valence-electron chi connectivity index (χ1n) is 9.81. The van der Waals surface area contributed by atoms with Crippen LogP contribution in [0, 0.1) is 0 Å². The standard InChI is InChI=1S/C17H17N9O7S3/c1-25-17(21-11(28)12(29)22-25)35-4-5-3-34-14-7(13(30)26(14)8(5)15(31)32)19-10(27)6(23-33-2)9-20-16(18)36-24-9/h7,14H,3-4H2,1-2H3,(H,19,27)(H,22,29)(H,31,32)(H2,18,20,24)/b23-6+/t7?,14-/m1/s1. The zero-order valence-electron chi connectivity index (χ0n) is 18.4. The molecule has 0 radical (unpaired) electrons. The number of nitrogens with two attached hydrogens (primary N) is 1. The highest BCUT2D eigenvalue weighted by molar-refractivity contribution is 8.01. The van der Waals surface area contributed by atoms with E-state index in [0.29, 0.717) is 5.57 Å². The highest BCUT2D eigenvalue weighted by Crippen LogP contribution is 2.41. The molecule has 1 saturated heterocycles. The molecule has 190 valence electrons. The van der Waals surface area contributed by atoms with Crippen molar-refractivity contribution in [3.63, 3.8) is 0 Å². The number of carbonyl (C=O) groups excluding carboxylic acids is 2. The zero-order valence-corrected chi connectivity index (χ0v) is 20.9. The average Bonchev–Trinajstić information content (AvgIpc) is 3.27. The monoisotopic (exact) mass is 555 g/mol. The molecule has 0 aromatic carbocycles. The number of nitrogens with zero attached hydrogens (tertiary/aromatic N) is 7. The Morgan fingerprint density at radius 2 is 2.11 bits per heavy atom. The number of nitrogens with one attached hydrogen (secondary N) is 1. The number of rotatable bonds is 8. The summed E-state index contributed by atoms with van der Waals surface area (Å²) in [6.07, 6.45) is 0. The molecule has 1 fully saturated rings. The van der Waals surface area contributed by atoms with Gasteiger partial charge < -0.3 is 26.1 Å². The fourth-order valence-corrected chi connectivity index (χ4v) is 6.15. The lowest BCUT2D eigenvalue weighted by Gasteiger charge is -2.49. The molecular formula is C17H17N9O7S3. The van der Waals surface area contributed by atoms with Gasteiger partial charge >= 0.3 is 11.5 Å². The highest BCUT2D eigenvalue weighted by Gasteiger charge is 2.54. The van der Waals surface area contributed by atoms with Crippen LogP contribution in [0.15, 0.2) is 26.4 Å². The topological polar surface area (TPSA) is 228 Å². The van der Waals surface area contributed by atoms with E-state index in [1.165, 1.54) is 30.6 Å². The molecule has 0 saturated carbocycles. The molecule has 0 spiro atoms. The molecule has 4 heterocycles. The van der Waals surface area contributed by atoms with Gasteiger partial charge in [0, 0.05) is 30.1 Å². The van der Waals surface area contributed by atoms with Crippen LogP contribution in [0.25, 0.3) is 0 Å². The minimum absolute atomic E-state index is 0.0751. The average molecular weight is 556 g/mol. The van der Waals surface area contributed by atoms with Gasteiger partial charge in [-0.25, -0.2) is 9.48 Å². The van der Waals surface area contributed by atoms with Crippen LogP contribution in [0.1, 0.15) is 5.82 Å². The van der Waals surface area contributed by atoms with E-state index in [2.05, 4.69) is 34.8 Å². The van der Waals surface area contributed by atoms with Crippen molar-refractivity contribution in [2.75, 3.05) is 24.3 Å². The molecule has 2 aromatic heterocycles. The van der Waals surface area contributed by atoms with Crippen LogP contribution in [0.3, 0.4) is 0 Å². The maximum Gasteiger partial charge on any atom is 0.352 e. The van der Waals surface area contributed by atoms with Gasteiger partial charge in [0.2, 0.25) is 11.5 Å². The summed E-state index contributed by atoms with van der Waals surface area (Å²) in [6, 6.07) is -1.02. The number of carbonyl (C=O) groups is 3. The van der Waals surface area contributed by atoms with Gasteiger partial charge in [-0.1, -0.05) is 16.9 Å². The number of thioether (sulfide) groups is 2. The lowest BCUT2D eigenvalue weighted by Crippen LogP contribution is -2.71. The second-order valence-corrected chi connectivity index (χ2v) is 9.96. The minimum atomic E-state index is -1.32. The molecule has 4 rings (SSSR count). The normalized spacial score (nSPS) is 19.6. The molecule has 36 heavy (non-hydrogen) atoms. The smallest absolute Gasteiger partial charge is 0.352 e. The minimum Gasteiger partial charge on any atom is -0.488 e. The molecule has 2 atom stereocenters. The first-order chi connectivity index (χ1) is 17.1. The number of β-lactam (4-membered cyclic amide) rings is 1. The van der Waals surface area contributed by atoms with Gasteiger partial charge in [-0.2, -0.15) is 14.3 Å². The van der Waals surface area contributed by atoms with E-state index < -0.39 is 40.6 Å². The summed E-state index contributed by atoms with van der Waals surface area (Å²) in [5.74, 6) is -3.23. The number of carboxylic acid groups (broad SMARTS) is 1. The van der Waals surface area contributed by atoms with Crippen LogP contribution in [-0.4, -0.2) is 92.8 Å². The second-order valence-electron chi connectivity index (χ2n) is 7.13. The number of aryl methyl sites for hydroxylation is 1. The van der Waals surface area contributed by atoms with Crippen molar-refractivity contribution in [1.82, 2.24) is 34.3 Å². The number of aromatic nitrogens is 5. The third kappa shape index (κ3) is 4.71. The molecule has 2 aliphatic rings. The van der Waals surface area contributed by atoms with Crippen molar-refractivity contribution in [2.45, 2.75) is 16.6 Å². The number of aromatic hydroxyl groups is 1. The highest BCUT2D eigenvalue weighted by atomic mass is 32.2. The van der Waals surface area contributed by atoms with Crippen molar-refractivity contribution >= 4 is 63.7 Å². The third-order valence-electron chi connectivity index (χ3n) is 4.87. The summed E-state index contributed by atoms with van der Waals surface area (Å²) >= 11 is 3.14. The maximum atomic E-state index is 12.9. The first-order valence-corrected chi connectivity index (χ1v) is 12.6. The van der Waals surface area contributed by atoms with Crippen LogP contribution in [-0.2, 0) is 26.3 Å². The maximum absolute atomic E-state index is 12.9. The largest absolute Gasteiger partial charge is 0.488 e. The van der Waals surface area contributed by atoms with Gasteiger partial charge in [-0.3, -0.25) is 19.3 Å². The number of oxime groups is 1. The van der Waals surface area contributed by atoms with Gasteiger partial charge in [0.05, 0.1) is 0 Å². The van der Waals surface area contributed by atoms with E-state index >= 15 is 0 Å². The van der Waals surface area contributed by atoms with Crippen LogP contribution in [0.2, 0.25) is 0 Å². The predicted molar refractivity (Wildman–Crippen MR) is 127 cm³/mol. The number of aliphatic carboxylic acids is 1. The molecule has 2 amide bonds. The Morgan fingerprint density at radius 1 is 1.36 bits per heavy atom. The molecule has 16 nitrogen and oxygen atoms in total. The van der Waals surface area contributed by atoms with Gasteiger partial charge in [0.25, 0.3) is 17.7 Å². The quantitative estimate of drug-likeness (QED) is 0.122. The van der Waals surface area contributed by atoms with Gasteiger partial charge in [-0.15, -0.1) is 16.9 Å². The van der Waals surface area contributed by atoms with Gasteiger partial charge in [-0.05, 0) is 5.57 Å². The van der Waals surface area contributed by atoms with Crippen LogP contribution in [0.5, 0.6) is 5.88 Å². The third-order valence-corrected chi connectivity index (χ3v) is 7.86. The Balaban J connectivity index is 1.51. The summed E-state index contributed by atoms with van der Waals surface area (Å²) < 4.78 is 5.10. The van der Waals surface area contributed by atoms with E-state index in [1.807, 2.05) is 0 Å². The first kappa shape index (κ1) is 25.4. The summed E-state index contributed by atoms with van der Waals surface area (Å²) in [5, 5.41) is 28.6. The Kier molecular flexibility index (Phi) is 7.13. The molecule has 1 unspecified atom stereocenters. The number of amides is 2. The molecule has 5 N–H and O–H groups in total. The lowest BCUT2D eigenvalue weighted by atomic mass is 10.0. The molecule has 0 aliphatic carbocycles. The number of nitrogen functional groups attached to an aromatic ring is 1. The SMILES string of the molecule is CO/N=C(/C(=O)NC1C(=O)N2C(C(=O)O)=C(CSc3nc(=O)c(O)nn3C)CS[C@H]12)c1nsc(N)n1. The van der Waals surface area contributed by atoms with Gasteiger partial charge in [0.15, 0.2) is 10.3 Å². The van der Waals surface area contributed by atoms with Crippen molar-refractivity contribution in [2.24, 2.45) is 12.2 Å². The number of anilines is 1. The van der Waals surface area contributed by atoms with Crippen LogP contribution in [0.4, 0.5) is 5.13 Å². The van der Waals surface area contributed by atoms with Crippen LogP contribution >= 0.6 is 35.1 Å². The summed E-state index contributed by atoms with van der Waals surface area (Å²) in [4.78, 5) is 62.7. The number of hydrogen-bond acceptors (Lipinski definition) is 15. The molecular weight excluding hydrogens is 538 g/mol. The zero-order chi connectivity index (χ0) is 26.1. The molecule has 0 bridgehead atoms. The Labute approximate surface area is 213 Å². The van der Waals surface area contributed by atoms with Gasteiger partial charge in [0.1, 0.15) is 24.2 Å². The van der Waals surface area contributed by atoms with Crippen molar-refractivity contribution in [3.8, 4) is 5.88 Å². The van der Waals surface area contributed by atoms with Crippen LogP contribution < -0.4 is 16.6 Å². The van der Waals surface area contributed by atoms with E-state index in [1.54, 1.807) is 0 Å². The fourth-order valence-electron chi connectivity index (χ4n) is 3.32. The van der Waals surface area contributed by atoms with E-state index in [4.69, 9.17) is 5.73 Å². The van der Waals surface area contributed by atoms with E-state index in [9.17, 15) is 29.4 Å². The lowest BCUT2D eigenvalue weighted by molar-refractivity contribution is -0.150. The Morgan fingerprint density at radius 3 is 2.75 bits per heavy atom. The van der Waals surface area contributed by atoms with E-state index in [-0.39, 0.29) is 39.0 Å². The molecule has 2 aliphatic heterocycles. The number of carboxylic acids is 1. The Bertz CT molecular complexity index is 1370. The van der Waals surface area contributed by atoms with Crippen molar-refractivity contribution in [1.29, 1.82) is 0 Å². The summed E-state index contributed by atoms with van der Waals surface area (Å²) in [5.41, 5.74) is 4.56. The van der Waals surface area contributed by atoms with Crippen molar-refractivity contribution in [3.05, 3.63) is 27.4 Å². The van der Waals surface area contributed by atoms with Crippen molar-refractivity contribution < 1.29 is 29.4 Å². The Hall–Kier alpha value is -3.71. The summed E-state index contributed by atoms with van der Waals surface area (Å²) in [7, 11) is 2.69. The second kappa shape index (κ2) is 10.1. The fraction of sp³-hybridized carbons (Fsp3) is 0.353. The summed E-state index contributed by atoms with van der Waals surface area (Å²) in [6.45, 7) is 0. The van der Waals surface area contributed by atoms with E-state index in [0.717, 1.165) is 28.2 Å². The predicted octanol–water partition coefficient (Wildman–Crippen LogP) is -1.80. The molecule has 19 heteroatoms. The molecule has 2 aromatic rings. The number of hydrogen-bond donors (Lipinski definition) is 4. The number of fused-ring (bicyclic) bond motifs is 1.